The third-order valence-electron chi connectivity index (χ3n) is 3.44. The molecule has 5 nitrogen and oxygen atoms in total. The predicted octanol–water partition coefficient (Wildman–Crippen LogP) is 2.11. The quantitative estimate of drug-likeness (QED) is 0.850. The number of allylic oxidation sites excluding steroid dienone is 1. The van der Waals surface area contributed by atoms with Crippen molar-refractivity contribution in [3.63, 3.8) is 0 Å². The molecule has 1 atom stereocenters. The number of urea groups is 1. The van der Waals surface area contributed by atoms with E-state index in [0.29, 0.717) is 5.70 Å². The molecule has 1 aromatic carbocycles. The van der Waals surface area contributed by atoms with Crippen molar-refractivity contribution in [2.45, 2.75) is 13.0 Å². The molecule has 21 heavy (non-hydrogen) atoms. The summed E-state index contributed by atoms with van der Waals surface area (Å²) in [5.41, 5.74) is 0.820. The Hall–Kier alpha value is -2.44. The Bertz CT molecular complexity index is 643. The number of nitrogens with zero attached hydrogens (tertiary/aromatic N) is 1. The maximum absolute atomic E-state index is 13.4. The zero-order valence-electron chi connectivity index (χ0n) is 11.7. The molecule has 1 aromatic rings. The van der Waals surface area contributed by atoms with Crippen LogP contribution in [-0.2, 0) is 9.53 Å². The summed E-state index contributed by atoms with van der Waals surface area (Å²) in [5.74, 6) is -2.70. The predicted molar refractivity (Wildman–Crippen MR) is 70.1 cm³/mol. The summed E-state index contributed by atoms with van der Waals surface area (Å²) in [4.78, 5) is 25.0. The second-order valence-corrected chi connectivity index (χ2v) is 4.61. The normalized spacial score (nSPS) is 18.6. The third kappa shape index (κ3) is 2.58. The Kier molecular flexibility index (Phi) is 3.93. The van der Waals surface area contributed by atoms with E-state index in [1.807, 2.05) is 0 Å². The zero-order chi connectivity index (χ0) is 15.7. The molecule has 112 valence electrons. The highest BCUT2D eigenvalue weighted by Crippen LogP contribution is 2.31. The van der Waals surface area contributed by atoms with Gasteiger partial charge in [-0.2, -0.15) is 0 Å². The van der Waals surface area contributed by atoms with E-state index in [2.05, 4.69) is 5.32 Å². The maximum atomic E-state index is 13.4. The first-order valence-corrected chi connectivity index (χ1v) is 6.15. The first-order valence-electron chi connectivity index (χ1n) is 6.15. The van der Waals surface area contributed by atoms with Crippen molar-refractivity contribution in [2.75, 3.05) is 14.2 Å². The van der Waals surface area contributed by atoms with Crippen molar-refractivity contribution < 1.29 is 23.1 Å². The molecule has 2 rings (SSSR count). The number of carbonyl (C=O) groups is 2. The van der Waals surface area contributed by atoms with E-state index in [9.17, 15) is 18.4 Å². The molecule has 1 heterocycles. The molecule has 1 aliphatic heterocycles. The number of carbonyl (C=O) groups excluding carboxylic acids is 2. The number of hydrogen-bond acceptors (Lipinski definition) is 3. The average molecular weight is 296 g/mol. The maximum Gasteiger partial charge on any atom is 0.337 e. The van der Waals surface area contributed by atoms with Crippen LogP contribution in [0.1, 0.15) is 18.5 Å². The summed E-state index contributed by atoms with van der Waals surface area (Å²) >= 11 is 0. The lowest BCUT2D eigenvalue weighted by Gasteiger charge is -2.33. The Morgan fingerprint density at radius 2 is 2.00 bits per heavy atom. The van der Waals surface area contributed by atoms with Crippen LogP contribution in [0.4, 0.5) is 13.6 Å². The van der Waals surface area contributed by atoms with Crippen LogP contribution in [0.5, 0.6) is 0 Å². The van der Waals surface area contributed by atoms with Crippen LogP contribution >= 0.6 is 0 Å². The van der Waals surface area contributed by atoms with Gasteiger partial charge in [-0.25, -0.2) is 18.4 Å². The number of methoxy groups -OCH3 is 1. The minimum absolute atomic E-state index is 0.172. The summed E-state index contributed by atoms with van der Waals surface area (Å²) < 4.78 is 31.1. The summed E-state index contributed by atoms with van der Waals surface area (Å²) in [6.45, 7) is 1.58. The van der Waals surface area contributed by atoms with Gasteiger partial charge in [-0.15, -0.1) is 0 Å². The van der Waals surface area contributed by atoms with E-state index in [1.165, 1.54) is 25.1 Å². The van der Waals surface area contributed by atoms with Gasteiger partial charge in [0.15, 0.2) is 11.6 Å². The molecule has 2 amide bonds. The lowest BCUT2D eigenvalue weighted by atomic mass is 9.95. The highest BCUT2D eigenvalue weighted by molar-refractivity contribution is 5.94. The van der Waals surface area contributed by atoms with Gasteiger partial charge in [0, 0.05) is 12.7 Å². The van der Waals surface area contributed by atoms with E-state index < -0.39 is 29.7 Å². The van der Waals surface area contributed by atoms with E-state index in [1.54, 1.807) is 6.92 Å². The Balaban J connectivity index is 2.56. The smallest absolute Gasteiger partial charge is 0.337 e. The number of rotatable bonds is 2. The van der Waals surface area contributed by atoms with Crippen LogP contribution in [-0.4, -0.2) is 31.1 Å². The Labute approximate surface area is 120 Å². The van der Waals surface area contributed by atoms with Gasteiger partial charge < -0.3 is 15.0 Å². The average Bonchev–Trinajstić information content (AvgIpc) is 2.46. The minimum atomic E-state index is -1.05. The molecule has 1 N–H and O–H groups in total. The van der Waals surface area contributed by atoms with Crippen LogP contribution in [0.3, 0.4) is 0 Å². The van der Waals surface area contributed by atoms with Gasteiger partial charge >= 0.3 is 12.0 Å². The number of hydrogen-bond donors (Lipinski definition) is 1. The molecule has 0 saturated heterocycles. The lowest BCUT2D eigenvalue weighted by molar-refractivity contribution is -0.136. The summed E-state index contributed by atoms with van der Waals surface area (Å²) in [5, 5.41) is 2.56. The Morgan fingerprint density at radius 3 is 2.57 bits per heavy atom. The first kappa shape index (κ1) is 15.0. The standard InChI is InChI=1S/C14H14F2N2O3/c1-7-11(13(19)21-3)12(17-14(20)18(7)2)8-4-5-9(15)10(16)6-8/h4-6,12H,1-3H3,(H,17,20)/t12-/m1/s1. The molecule has 0 fully saturated rings. The van der Waals surface area contributed by atoms with Crippen molar-refractivity contribution in [1.29, 1.82) is 0 Å². The number of benzene rings is 1. The van der Waals surface area contributed by atoms with Crippen molar-refractivity contribution in [1.82, 2.24) is 10.2 Å². The molecule has 0 bridgehead atoms. The highest BCUT2D eigenvalue weighted by Gasteiger charge is 2.34. The fourth-order valence-corrected chi connectivity index (χ4v) is 2.15. The minimum Gasteiger partial charge on any atom is -0.466 e. The monoisotopic (exact) mass is 296 g/mol. The van der Waals surface area contributed by atoms with Gasteiger partial charge in [0.05, 0.1) is 18.7 Å². The molecule has 0 saturated carbocycles. The van der Waals surface area contributed by atoms with Gasteiger partial charge in [-0.05, 0) is 24.6 Å². The lowest BCUT2D eigenvalue weighted by Crippen LogP contribution is -2.46. The second-order valence-electron chi connectivity index (χ2n) is 4.61. The van der Waals surface area contributed by atoms with Crippen LogP contribution in [0, 0.1) is 11.6 Å². The fraction of sp³-hybridized carbons (Fsp3) is 0.286. The summed E-state index contributed by atoms with van der Waals surface area (Å²) in [6.07, 6.45) is 0. The molecule has 7 heteroatoms. The van der Waals surface area contributed by atoms with Gasteiger partial charge in [-0.3, -0.25) is 0 Å². The molecule has 1 aliphatic rings. The second kappa shape index (κ2) is 5.51. The van der Waals surface area contributed by atoms with Gasteiger partial charge in [-0.1, -0.05) is 6.07 Å². The number of halogens is 2. The number of esters is 1. The molecular formula is C14H14F2N2O3. The largest absolute Gasteiger partial charge is 0.466 e. The van der Waals surface area contributed by atoms with E-state index in [4.69, 9.17) is 4.74 Å². The summed E-state index contributed by atoms with van der Waals surface area (Å²) in [7, 11) is 2.70. The molecule has 0 aliphatic carbocycles. The van der Waals surface area contributed by atoms with E-state index in [0.717, 1.165) is 12.1 Å². The molecular weight excluding hydrogens is 282 g/mol. The van der Waals surface area contributed by atoms with Crippen LogP contribution in [0.25, 0.3) is 0 Å². The number of amides is 2. The van der Waals surface area contributed by atoms with Gasteiger partial charge in [0.1, 0.15) is 0 Å². The van der Waals surface area contributed by atoms with E-state index >= 15 is 0 Å². The van der Waals surface area contributed by atoms with E-state index in [-0.39, 0.29) is 11.1 Å². The topological polar surface area (TPSA) is 58.6 Å². The van der Waals surface area contributed by atoms with Crippen LogP contribution < -0.4 is 5.32 Å². The highest BCUT2D eigenvalue weighted by atomic mass is 19.2. The number of nitrogens with one attached hydrogen (secondary N) is 1. The zero-order valence-corrected chi connectivity index (χ0v) is 11.7. The first-order chi connectivity index (χ1) is 9.86. The summed E-state index contributed by atoms with van der Waals surface area (Å²) in [6, 6.07) is 1.86. The molecule has 0 aromatic heterocycles. The van der Waals surface area contributed by atoms with Crippen molar-refractivity contribution in [3.8, 4) is 0 Å². The van der Waals surface area contributed by atoms with Crippen LogP contribution in [0.2, 0.25) is 0 Å². The molecule has 0 spiro atoms. The van der Waals surface area contributed by atoms with Gasteiger partial charge in [0.2, 0.25) is 0 Å². The molecule has 0 radical (unpaired) electrons. The third-order valence-corrected chi connectivity index (χ3v) is 3.44. The SMILES string of the molecule is COC(=O)C1=C(C)N(C)C(=O)N[C@@H]1c1ccc(F)c(F)c1. The fourth-order valence-electron chi connectivity index (χ4n) is 2.15. The van der Waals surface area contributed by atoms with Crippen molar-refractivity contribution in [3.05, 3.63) is 46.7 Å². The Morgan fingerprint density at radius 1 is 1.33 bits per heavy atom. The van der Waals surface area contributed by atoms with Gasteiger partial charge in [0.25, 0.3) is 0 Å². The van der Waals surface area contributed by atoms with Crippen molar-refractivity contribution in [2.24, 2.45) is 0 Å². The molecule has 0 unspecified atom stereocenters. The van der Waals surface area contributed by atoms with Crippen LogP contribution in [0.15, 0.2) is 29.5 Å². The van der Waals surface area contributed by atoms with Crippen molar-refractivity contribution >= 4 is 12.0 Å². The number of ether oxygens (including phenoxy) is 1.